The number of rotatable bonds is 4. The van der Waals surface area contributed by atoms with Gasteiger partial charge in [-0.15, -0.1) is 10.2 Å². The largest absolute Gasteiger partial charge is 0.326 e. The summed E-state index contributed by atoms with van der Waals surface area (Å²) in [4.78, 5) is 12.3. The summed E-state index contributed by atoms with van der Waals surface area (Å²) >= 11 is 0. The minimum atomic E-state index is 0.0992. The van der Waals surface area contributed by atoms with E-state index < -0.39 is 0 Å². The summed E-state index contributed by atoms with van der Waals surface area (Å²) in [6, 6.07) is 11.6. The first-order chi connectivity index (χ1) is 12.2. The molecule has 3 aromatic rings. The van der Waals surface area contributed by atoms with Crippen LogP contribution < -0.4 is 5.32 Å². The molecule has 6 heteroatoms. The lowest BCUT2D eigenvalue weighted by Gasteiger charge is -2.10. The maximum Gasteiger partial charge on any atom is 0.224 e. The van der Waals surface area contributed by atoms with Crippen molar-refractivity contribution in [2.45, 2.75) is 39.0 Å². The third-order valence-electron chi connectivity index (χ3n) is 4.81. The van der Waals surface area contributed by atoms with Crippen molar-refractivity contribution in [2.75, 3.05) is 5.32 Å². The van der Waals surface area contributed by atoms with Crippen LogP contribution in [0.3, 0.4) is 0 Å². The normalized spacial score (nSPS) is 14.9. The van der Waals surface area contributed by atoms with E-state index in [0.29, 0.717) is 12.3 Å². The quantitative estimate of drug-likeness (QED) is 0.790. The predicted octanol–water partition coefficient (Wildman–Crippen LogP) is 3.62. The van der Waals surface area contributed by atoms with E-state index >= 15 is 0 Å². The Balaban J connectivity index is 1.53. The molecule has 4 rings (SSSR count). The highest BCUT2D eigenvalue weighted by molar-refractivity contribution is 5.91. The molecular weight excluding hydrogens is 314 g/mol. The number of fused-ring (bicyclic) bond motifs is 1. The van der Waals surface area contributed by atoms with Gasteiger partial charge >= 0.3 is 0 Å². The second kappa shape index (κ2) is 6.63. The Labute approximate surface area is 146 Å². The van der Waals surface area contributed by atoms with Crippen molar-refractivity contribution in [3.05, 3.63) is 42.2 Å². The molecule has 0 aliphatic heterocycles. The number of carbonyl (C=O) groups is 1. The number of nitrogens with one attached hydrogen (secondary N) is 1. The summed E-state index contributed by atoms with van der Waals surface area (Å²) < 4.78 is 1.72. The van der Waals surface area contributed by atoms with Crippen molar-refractivity contribution >= 4 is 17.2 Å². The van der Waals surface area contributed by atoms with Gasteiger partial charge in [0.2, 0.25) is 5.91 Å². The molecular formula is C19H21N5O. The van der Waals surface area contributed by atoms with Crippen LogP contribution in [0.15, 0.2) is 36.4 Å². The second-order valence-corrected chi connectivity index (χ2v) is 6.72. The summed E-state index contributed by atoms with van der Waals surface area (Å²) in [5.74, 6) is 1.39. The molecule has 2 heterocycles. The van der Waals surface area contributed by atoms with Gasteiger partial charge in [0.05, 0.1) is 5.69 Å². The van der Waals surface area contributed by atoms with Gasteiger partial charge in [-0.2, -0.15) is 9.61 Å². The molecule has 2 aromatic heterocycles. The molecule has 0 bridgehead atoms. The van der Waals surface area contributed by atoms with E-state index in [0.717, 1.165) is 28.4 Å². The maximum atomic E-state index is 12.3. The van der Waals surface area contributed by atoms with Gasteiger partial charge in [-0.1, -0.05) is 25.0 Å². The summed E-state index contributed by atoms with van der Waals surface area (Å²) in [7, 11) is 0. The Morgan fingerprint density at radius 3 is 2.88 bits per heavy atom. The Bertz CT molecular complexity index is 911. The molecule has 0 atom stereocenters. The van der Waals surface area contributed by atoms with Gasteiger partial charge in [-0.3, -0.25) is 4.79 Å². The molecule has 6 nitrogen and oxygen atoms in total. The van der Waals surface area contributed by atoms with Crippen molar-refractivity contribution in [1.29, 1.82) is 0 Å². The molecule has 0 unspecified atom stereocenters. The lowest BCUT2D eigenvalue weighted by atomic mass is 10.0. The van der Waals surface area contributed by atoms with Crippen LogP contribution in [0.1, 0.15) is 37.9 Å². The lowest BCUT2D eigenvalue weighted by Crippen LogP contribution is -2.15. The topological polar surface area (TPSA) is 72.2 Å². The SMILES string of the molecule is Cc1nnc2ccc(-c3cccc(NC(=O)CC4CCCC4)c3)nn12. The number of aromatic nitrogens is 4. The van der Waals surface area contributed by atoms with Crippen LogP contribution in [0.2, 0.25) is 0 Å². The first-order valence-corrected chi connectivity index (χ1v) is 8.78. The van der Waals surface area contributed by atoms with Gasteiger partial charge in [0.15, 0.2) is 11.5 Å². The Hall–Kier alpha value is -2.76. The molecule has 25 heavy (non-hydrogen) atoms. The molecule has 128 valence electrons. The van der Waals surface area contributed by atoms with Gasteiger partial charge in [0.25, 0.3) is 0 Å². The van der Waals surface area contributed by atoms with E-state index in [1.165, 1.54) is 25.7 Å². The van der Waals surface area contributed by atoms with E-state index in [-0.39, 0.29) is 5.91 Å². The number of benzene rings is 1. The number of anilines is 1. The number of hydrogen-bond donors (Lipinski definition) is 1. The zero-order chi connectivity index (χ0) is 17.2. The van der Waals surface area contributed by atoms with Gasteiger partial charge in [-0.05, 0) is 49.9 Å². The smallest absolute Gasteiger partial charge is 0.224 e. The molecule has 1 aliphatic rings. The van der Waals surface area contributed by atoms with Crippen molar-refractivity contribution in [3.63, 3.8) is 0 Å². The Morgan fingerprint density at radius 1 is 1.20 bits per heavy atom. The average molecular weight is 335 g/mol. The highest BCUT2D eigenvalue weighted by Crippen LogP contribution is 2.28. The van der Waals surface area contributed by atoms with Crippen LogP contribution in [-0.4, -0.2) is 25.7 Å². The third-order valence-corrected chi connectivity index (χ3v) is 4.81. The summed E-state index contributed by atoms with van der Waals surface area (Å²) in [6.07, 6.45) is 5.48. The predicted molar refractivity (Wildman–Crippen MR) is 96.2 cm³/mol. The molecule has 1 aromatic carbocycles. The van der Waals surface area contributed by atoms with Crippen LogP contribution in [-0.2, 0) is 4.79 Å². The lowest BCUT2D eigenvalue weighted by molar-refractivity contribution is -0.117. The Kier molecular flexibility index (Phi) is 4.17. The van der Waals surface area contributed by atoms with E-state index in [4.69, 9.17) is 0 Å². The Morgan fingerprint density at radius 2 is 2.04 bits per heavy atom. The number of carbonyl (C=O) groups excluding carboxylic acids is 1. The number of amides is 1. The van der Waals surface area contributed by atoms with Gasteiger partial charge in [0.1, 0.15) is 0 Å². The van der Waals surface area contributed by atoms with E-state index in [2.05, 4.69) is 20.6 Å². The molecule has 1 fully saturated rings. The monoisotopic (exact) mass is 335 g/mol. The highest BCUT2D eigenvalue weighted by atomic mass is 16.1. The third kappa shape index (κ3) is 3.38. The van der Waals surface area contributed by atoms with Gasteiger partial charge in [-0.25, -0.2) is 0 Å². The fourth-order valence-electron chi connectivity index (χ4n) is 3.50. The first-order valence-electron chi connectivity index (χ1n) is 8.78. The molecule has 0 saturated heterocycles. The van der Waals surface area contributed by atoms with Crippen LogP contribution in [0, 0.1) is 12.8 Å². The van der Waals surface area contributed by atoms with Crippen LogP contribution >= 0.6 is 0 Å². The molecule has 1 amide bonds. The van der Waals surface area contributed by atoms with Crippen molar-refractivity contribution < 1.29 is 4.79 Å². The molecule has 1 N–H and O–H groups in total. The zero-order valence-electron chi connectivity index (χ0n) is 14.3. The van der Waals surface area contributed by atoms with Gasteiger partial charge in [0, 0.05) is 17.7 Å². The minimum Gasteiger partial charge on any atom is -0.326 e. The average Bonchev–Trinajstić information content (AvgIpc) is 3.25. The fraction of sp³-hybridized carbons (Fsp3) is 0.368. The van der Waals surface area contributed by atoms with Crippen molar-refractivity contribution in [3.8, 4) is 11.3 Å². The first kappa shape index (κ1) is 15.7. The molecule has 1 saturated carbocycles. The number of nitrogens with zero attached hydrogens (tertiary/aromatic N) is 4. The fourth-order valence-corrected chi connectivity index (χ4v) is 3.50. The molecule has 0 radical (unpaired) electrons. The van der Waals surface area contributed by atoms with Crippen molar-refractivity contribution in [1.82, 2.24) is 19.8 Å². The van der Waals surface area contributed by atoms with E-state index in [1.54, 1.807) is 4.52 Å². The van der Waals surface area contributed by atoms with Gasteiger partial charge < -0.3 is 5.32 Å². The standard InChI is InChI=1S/C19H21N5O/c1-13-21-22-18-10-9-17(23-24(13)18)15-7-4-8-16(12-15)20-19(25)11-14-5-2-3-6-14/h4,7-10,12,14H,2-3,5-6,11H2,1H3,(H,20,25). The summed E-state index contributed by atoms with van der Waals surface area (Å²) in [5, 5.41) is 15.7. The molecule has 1 aliphatic carbocycles. The number of aryl methyl sites for hydroxylation is 1. The van der Waals surface area contributed by atoms with Crippen LogP contribution in [0.5, 0.6) is 0 Å². The number of hydrogen-bond acceptors (Lipinski definition) is 4. The van der Waals surface area contributed by atoms with E-state index in [9.17, 15) is 4.79 Å². The van der Waals surface area contributed by atoms with Crippen molar-refractivity contribution in [2.24, 2.45) is 5.92 Å². The minimum absolute atomic E-state index is 0.0992. The molecule has 0 spiro atoms. The summed E-state index contributed by atoms with van der Waals surface area (Å²) in [6.45, 7) is 1.87. The van der Waals surface area contributed by atoms with E-state index in [1.807, 2.05) is 43.3 Å². The van der Waals surface area contributed by atoms with Crippen LogP contribution in [0.4, 0.5) is 5.69 Å². The second-order valence-electron chi connectivity index (χ2n) is 6.72. The highest BCUT2D eigenvalue weighted by Gasteiger charge is 2.18. The summed E-state index contributed by atoms with van der Waals surface area (Å²) in [5.41, 5.74) is 3.31. The zero-order valence-corrected chi connectivity index (χ0v) is 14.3. The maximum absolute atomic E-state index is 12.3. The van der Waals surface area contributed by atoms with Crippen LogP contribution in [0.25, 0.3) is 16.9 Å².